The minimum Gasteiger partial charge on any atom is -0.492 e. The molecule has 3 rings (SSSR count). The Bertz CT molecular complexity index is 1010. The van der Waals surface area contributed by atoms with Crippen LogP contribution in [0, 0.1) is 5.92 Å². The highest BCUT2D eigenvalue weighted by Gasteiger charge is 2.34. The lowest BCUT2D eigenvalue weighted by molar-refractivity contribution is 0.0147. The van der Waals surface area contributed by atoms with Gasteiger partial charge < -0.3 is 24.2 Å². The largest absolute Gasteiger partial charge is 0.492 e. The van der Waals surface area contributed by atoms with Crippen LogP contribution in [0.25, 0.3) is 0 Å². The first kappa shape index (κ1) is 25.1. The van der Waals surface area contributed by atoms with Gasteiger partial charge in [-0.05, 0) is 50.6 Å². The second-order valence-electron chi connectivity index (χ2n) is 8.76. The zero-order valence-corrected chi connectivity index (χ0v) is 20.2. The number of carbonyl (C=O) groups excluding carboxylic acids is 1. The normalized spacial score (nSPS) is 19.0. The SMILES string of the molecule is CC(C)(C)OC(=O)N1CCOC(c2ccc(Cl)c(Cl)c2)C(COc2ccccc2C(=O)O)C1. The van der Waals surface area contributed by atoms with E-state index in [0.29, 0.717) is 16.6 Å². The van der Waals surface area contributed by atoms with Crippen LogP contribution in [0.4, 0.5) is 4.79 Å². The molecule has 1 saturated heterocycles. The van der Waals surface area contributed by atoms with E-state index in [2.05, 4.69) is 0 Å². The number of rotatable bonds is 5. The highest BCUT2D eigenvalue weighted by Crippen LogP contribution is 2.34. The number of amides is 1. The number of carbonyl (C=O) groups is 2. The molecule has 1 N–H and O–H groups in total. The summed E-state index contributed by atoms with van der Waals surface area (Å²) in [6.07, 6.45) is -0.902. The number of halogens is 2. The summed E-state index contributed by atoms with van der Waals surface area (Å²) in [4.78, 5) is 25.9. The molecule has 0 aromatic heterocycles. The Balaban J connectivity index is 1.88. The number of hydrogen-bond acceptors (Lipinski definition) is 5. The monoisotopic (exact) mass is 495 g/mol. The van der Waals surface area contributed by atoms with E-state index in [1.165, 1.54) is 6.07 Å². The number of aromatic carboxylic acids is 1. The van der Waals surface area contributed by atoms with Crippen LogP contribution in [0.15, 0.2) is 42.5 Å². The molecule has 0 spiro atoms. The van der Waals surface area contributed by atoms with Gasteiger partial charge in [0, 0.05) is 19.0 Å². The number of carboxylic acid groups (broad SMARTS) is 1. The van der Waals surface area contributed by atoms with Gasteiger partial charge in [-0.25, -0.2) is 9.59 Å². The predicted molar refractivity (Wildman–Crippen MR) is 125 cm³/mol. The molecule has 1 aliphatic rings. The molecule has 0 bridgehead atoms. The van der Waals surface area contributed by atoms with Crippen molar-refractivity contribution in [1.82, 2.24) is 4.90 Å². The second-order valence-corrected chi connectivity index (χ2v) is 9.58. The average molecular weight is 496 g/mol. The van der Waals surface area contributed by atoms with E-state index >= 15 is 0 Å². The van der Waals surface area contributed by atoms with Gasteiger partial charge in [0.05, 0.1) is 29.4 Å². The number of para-hydroxylation sites is 1. The van der Waals surface area contributed by atoms with E-state index in [4.69, 9.17) is 37.4 Å². The Morgan fingerprint density at radius 1 is 1.15 bits per heavy atom. The first-order chi connectivity index (χ1) is 15.5. The van der Waals surface area contributed by atoms with Gasteiger partial charge in [0.25, 0.3) is 0 Å². The van der Waals surface area contributed by atoms with Crippen LogP contribution in [-0.4, -0.2) is 54.0 Å². The molecular weight excluding hydrogens is 469 g/mol. The molecule has 0 radical (unpaired) electrons. The minimum absolute atomic E-state index is 0.0575. The maximum absolute atomic E-state index is 12.8. The summed E-state index contributed by atoms with van der Waals surface area (Å²) in [6, 6.07) is 11.7. The standard InChI is InChI=1S/C24H27Cl2NO6/c1-24(2,3)33-23(30)27-10-11-31-21(15-8-9-18(25)19(26)12-15)16(13-27)14-32-20-7-5-4-6-17(20)22(28)29/h4-9,12,16,21H,10-11,13-14H2,1-3H3,(H,28,29). The van der Waals surface area contributed by atoms with E-state index in [1.54, 1.807) is 56.0 Å². The highest BCUT2D eigenvalue weighted by molar-refractivity contribution is 6.42. The Labute approximate surface area is 203 Å². The second kappa shape index (κ2) is 10.6. The fourth-order valence-corrected chi connectivity index (χ4v) is 3.86. The summed E-state index contributed by atoms with van der Waals surface area (Å²) in [5.74, 6) is -1.18. The molecule has 1 heterocycles. The van der Waals surface area contributed by atoms with Crippen molar-refractivity contribution in [2.75, 3.05) is 26.3 Å². The molecule has 9 heteroatoms. The average Bonchev–Trinajstić information content (AvgIpc) is 2.96. The Kier molecular flexibility index (Phi) is 8.10. The molecule has 0 saturated carbocycles. The van der Waals surface area contributed by atoms with Crippen molar-refractivity contribution in [2.24, 2.45) is 5.92 Å². The minimum atomic E-state index is -1.08. The summed E-state index contributed by atoms with van der Waals surface area (Å²) < 4.78 is 17.6. The topological polar surface area (TPSA) is 85.3 Å². The lowest BCUT2D eigenvalue weighted by atomic mass is 9.95. The van der Waals surface area contributed by atoms with Crippen LogP contribution in [0.5, 0.6) is 5.75 Å². The molecule has 2 aromatic rings. The summed E-state index contributed by atoms with van der Waals surface area (Å²) in [5.41, 5.74) is 0.206. The summed E-state index contributed by atoms with van der Waals surface area (Å²) in [5, 5.41) is 10.3. The third-order valence-electron chi connectivity index (χ3n) is 5.04. The summed E-state index contributed by atoms with van der Waals surface area (Å²) in [6.45, 7) is 6.44. The smallest absolute Gasteiger partial charge is 0.410 e. The molecule has 1 amide bonds. The fourth-order valence-electron chi connectivity index (χ4n) is 3.55. The maximum Gasteiger partial charge on any atom is 0.410 e. The first-order valence-corrected chi connectivity index (χ1v) is 11.3. The molecule has 0 aliphatic carbocycles. The van der Waals surface area contributed by atoms with Crippen LogP contribution < -0.4 is 4.74 Å². The van der Waals surface area contributed by atoms with Crippen molar-refractivity contribution < 1.29 is 28.9 Å². The van der Waals surface area contributed by atoms with E-state index in [9.17, 15) is 14.7 Å². The Morgan fingerprint density at radius 2 is 1.88 bits per heavy atom. The number of hydrogen-bond donors (Lipinski definition) is 1. The third-order valence-corrected chi connectivity index (χ3v) is 5.77. The molecule has 2 aromatic carbocycles. The molecule has 178 valence electrons. The van der Waals surface area contributed by atoms with Crippen molar-refractivity contribution >= 4 is 35.3 Å². The van der Waals surface area contributed by atoms with Crippen molar-refractivity contribution in [3.05, 3.63) is 63.6 Å². The fraction of sp³-hybridized carbons (Fsp3) is 0.417. The van der Waals surface area contributed by atoms with Gasteiger partial charge >= 0.3 is 12.1 Å². The highest BCUT2D eigenvalue weighted by atomic mass is 35.5. The summed E-state index contributed by atoms with van der Waals surface area (Å²) >= 11 is 12.3. The Morgan fingerprint density at radius 3 is 2.55 bits per heavy atom. The Hall–Kier alpha value is -2.48. The molecule has 1 aliphatic heterocycles. The van der Waals surface area contributed by atoms with Crippen LogP contribution >= 0.6 is 23.2 Å². The molecular formula is C24H27Cl2NO6. The third kappa shape index (κ3) is 6.76. The van der Waals surface area contributed by atoms with Crippen molar-refractivity contribution in [2.45, 2.75) is 32.5 Å². The van der Waals surface area contributed by atoms with Crippen molar-refractivity contribution in [3.8, 4) is 5.75 Å². The zero-order chi connectivity index (χ0) is 24.2. The van der Waals surface area contributed by atoms with Crippen LogP contribution in [0.1, 0.15) is 42.8 Å². The van der Waals surface area contributed by atoms with Gasteiger partial charge in [-0.3, -0.25) is 0 Å². The van der Waals surface area contributed by atoms with E-state index in [-0.39, 0.29) is 37.0 Å². The van der Waals surface area contributed by atoms with Crippen molar-refractivity contribution in [3.63, 3.8) is 0 Å². The molecule has 33 heavy (non-hydrogen) atoms. The summed E-state index contributed by atoms with van der Waals surface area (Å²) in [7, 11) is 0. The van der Waals surface area contributed by atoms with Gasteiger partial charge in [-0.1, -0.05) is 41.4 Å². The maximum atomic E-state index is 12.8. The van der Waals surface area contributed by atoms with Crippen LogP contribution in [-0.2, 0) is 9.47 Å². The number of carboxylic acids is 1. The van der Waals surface area contributed by atoms with Gasteiger partial charge in [-0.15, -0.1) is 0 Å². The van der Waals surface area contributed by atoms with Gasteiger partial charge in [0.15, 0.2) is 0 Å². The van der Waals surface area contributed by atoms with Crippen LogP contribution in [0.3, 0.4) is 0 Å². The van der Waals surface area contributed by atoms with E-state index < -0.39 is 23.8 Å². The lowest BCUT2D eigenvalue weighted by Crippen LogP contribution is -2.41. The first-order valence-electron chi connectivity index (χ1n) is 10.5. The number of ether oxygens (including phenoxy) is 3. The number of benzene rings is 2. The lowest BCUT2D eigenvalue weighted by Gasteiger charge is -2.30. The van der Waals surface area contributed by atoms with Gasteiger partial charge in [0.2, 0.25) is 0 Å². The number of nitrogens with zero attached hydrogens (tertiary/aromatic N) is 1. The van der Waals surface area contributed by atoms with E-state index in [1.807, 2.05) is 6.07 Å². The predicted octanol–water partition coefficient (Wildman–Crippen LogP) is 5.70. The molecule has 2 atom stereocenters. The van der Waals surface area contributed by atoms with Gasteiger partial charge in [0.1, 0.15) is 16.9 Å². The zero-order valence-electron chi connectivity index (χ0n) is 18.7. The molecule has 1 fully saturated rings. The molecule has 2 unspecified atom stereocenters. The molecule has 7 nitrogen and oxygen atoms in total. The van der Waals surface area contributed by atoms with Crippen molar-refractivity contribution in [1.29, 1.82) is 0 Å². The van der Waals surface area contributed by atoms with E-state index in [0.717, 1.165) is 5.56 Å². The van der Waals surface area contributed by atoms with Crippen LogP contribution in [0.2, 0.25) is 10.0 Å². The quantitative estimate of drug-likeness (QED) is 0.572. The van der Waals surface area contributed by atoms with Gasteiger partial charge in [-0.2, -0.15) is 0 Å².